The number of hydrogen-bond donors (Lipinski definition) is 2. The number of piperidine rings is 1. The summed E-state index contributed by atoms with van der Waals surface area (Å²) in [4.78, 5) is 0. The molecule has 1 aromatic carbocycles. The van der Waals surface area contributed by atoms with Crippen molar-refractivity contribution in [2.45, 2.75) is 51.3 Å². The van der Waals surface area contributed by atoms with E-state index in [1.807, 2.05) is 39.1 Å². The number of fused-ring (bicyclic) bond motifs is 2. The van der Waals surface area contributed by atoms with Crippen molar-refractivity contribution < 1.29 is 14.2 Å². The third-order valence-corrected chi connectivity index (χ3v) is 6.84. The second-order valence-electron chi connectivity index (χ2n) is 8.16. The van der Waals surface area contributed by atoms with Gasteiger partial charge in [0.05, 0.1) is 23.0 Å². The van der Waals surface area contributed by atoms with Gasteiger partial charge in [0.1, 0.15) is 17.7 Å². The fourth-order valence-corrected chi connectivity index (χ4v) is 5.05. The van der Waals surface area contributed by atoms with Crippen LogP contribution < -0.4 is 10.1 Å². The minimum Gasteiger partial charge on any atom is -0.507 e. The van der Waals surface area contributed by atoms with E-state index in [-0.39, 0.29) is 29.3 Å². The number of halogens is 1. The maximum Gasteiger partial charge on any atom is 0.294 e. The van der Waals surface area contributed by atoms with E-state index in [0.717, 1.165) is 17.0 Å². The average Bonchev–Trinajstić information content (AvgIpc) is 3.38. The Labute approximate surface area is 177 Å². The zero-order chi connectivity index (χ0) is 21.0. The van der Waals surface area contributed by atoms with Crippen LogP contribution in [0.3, 0.4) is 0 Å². The highest BCUT2D eigenvalue weighted by atomic mass is 32.1. The molecule has 0 radical (unpaired) electrons. The maximum atomic E-state index is 14.4. The predicted octanol–water partition coefficient (Wildman–Crippen LogP) is 3.92. The highest BCUT2D eigenvalue weighted by Crippen LogP contribution is 2.42. The largest absolute Gasteiger partial charge is 0.507 e. The molecule has 2 aliphatic heterocycles. The van der Waals surface area contributed by atoms with Crippen LogP contribution in [-0.2, 0) is 0 Å². The molecule has 0 saturated carbocycles. The summed E-state index contributed by atoms with van der Waals surface area (Å²) in [6, 6.07) is 6.90. The number of rotatable bonds is 4. The van der Waals surface area contributed by atoms with Gasteiger partial charge in [-0.3, -0.25) is 5.32 Å². The van der Waals surface area contributed by atoms with Crippen LogP contribution in [0.2, 0.25) is 0 Å². The number of aryl methyl sites for hydroxylation is 1. The van der Waals surface area contributed by atoms with Crippen molar-refractivity contribution in [3.05, 3.63) is 47.6 Å². The molecule has 3 aromatic rings. The quantitative estimate of drug-likeness (QED) is 0.657. The minimum absolute atomic E-state index is 0.0704. The Kier molecular flexibility index (Phi) is 4.41. The van der Waals surface area contributed by atoms with Gasteiger partial charge in [-0.25, -0.2) is 9.07 Å². The van der Waals surface area contributed by atoms with Gasteiger partial charge < -0.3 is 9.84 Å². The Hall–Kier alpha value is -2.78. The maximum absolute atomic E-state index is 14.4. The molecule has 2 aliphatic rings. The van der Waals surface area contributed by atoms with E-state index in [9.17, 15) is 9.50 Å². The lowest BCUT2D eigenvalue weighted by molar-refractivity contribution is 0.109. The molecule has 3 atom stereocenters. The van der Waals surface area contributed by atoms with Crippen molar-refractivity contribution in [2.75, 3.05) is 0 Å². The number of phenols is 1. The van der Waals surface area contributed by atoms with E-state index in [1.165, 1.54) is 11.3 Å². The number of aromatic hydroxyl groups is 1. The third-order valence-electron chi connectivity index (χ3n) is 5.99. The molecule has 0 spiro atoms. The van der Waals surface area contributed by atoms with Crippen LogP contribution in [0.5, 0.6) is 10.9 Å². The van der Waals surface area contributed by atoms with Crippen LogP contribution in [0.4, 0.5) is 4.39 Å². The first-order valence-corrected chi connectivity index (χ1v) is 10.6. The summed E-state index contributed by atoms with van der Waals surface area (Å²) < 4.78 is 22.1. The van der Waals surface area contributed by atoms with Crippen LogP contribution in [0.25, 0.3) is 16.3 Å². The molecule has 7 nitrogen and oxygen atoms in total. The summed E-state index contributed by atoms with van der Waals surface area (Å²) in [5.41, 5.74) is 2.61. The number of nitrogens with one attached hydrogen (secondary N) is 1. The average molecular weight is 428 g/mol. The SMILES string of the molecule is CC1=C(F)C2CC(Oc3nnc(-c4ccc(-n5ccc(C)n5)cc4O)s3)CC1(C)N2. The van der Waals surface area contributed by atoms with Gasteiger partial charge in [-0.1, -0.05) is 16.4 Å². The molecular formula is C21H22FN5O2S. The van der Waals surface area contributed by atoms with Gasteiger partial charge in [0, 0.05) is 30.6 Å². The van der Waals surface area contributed by atoms with Gasteiger partial charge in [-0.2, -0.15) is 5.10 Å². The van der Waals surface area contributed by atoms with E-state index >= 15 is 0 Å². The highest BCUT2D eigenvalue weighted by Gasteiger charge is 2.47. The second kappa shape index (κ2) is 6.88. The van der Waals surface area contributed by atoms with Crippen LogP contribution in [-0.4, -0.2) is 42.8 Å². The third kappa shape index (κ3) is 3.18. The van der Waals surface area contributed by atoms with E-state index in [1.54, 1.807) is 16.8 Å². The van der Waals surface area contributed by atoms with E-state index in [4.69, 9.17) is 4.74 Å². The Bertz CT molecular complexity index is 1160. The first kappa shape index (κ1) is 19.2. The summed E-state index contributed by atoms with van der Waals surface area (Å²) >= 11 is 1.27. The summed E-state index contributed by atoms with van der Waals surface area (Å²) in [7, 11) is 0. The number of hydrogen-bond acceptors (Lipinski definition) is 7. The Balaban J connectivity index is 1.33. The number of benzene rings is 1. The molecule has 5 rings (SSSR count). The van der Waals surface area contributed by atoms with Gasteiger partial charge in [-0.15, -0.1) is 5.10 Å². The van der Waals surface area contributed by atoms with Crippen molar-refractivity contribution in [3.8, 4) is 27.2 Å². The number of phenolic OH excluding ortho intramolecular Hbond substituents is 1. The van der Waals surface area contributed by atoms with Crippen LogP contribution in [0.15, 0.2) is 41.9 Å². The van der Waals surface area contributed by atoms with Crippen LogP contribution in [0.1, 0.15) is 32.4 Å². The molecule has 30 heavy (non-hydrogen) atoms. The summed E-state index contributed by atoms with van der Waals surface area (Å²) in [6.07, 6.45) is 2.91. The standard InChI is InChI=1S/C21H22FN5O2S/c1-11-6-7-27(26-11)13-4-5-15(17(28)8-13)19-24-25-20(30-19)29-14-9-16-18(22)12(2)21(3,10-14)23-16/h4-8,14,16,23,28H,9-10H2,1-3H3. The Morgan fingerprint density at radius 3 is 2.83 bits per heavy atom. The topological polar surface area (TPSA) is 85.1 Å². The minimum atomic E-state index is -0.385. The van der Waals surface area contributed by atoms with Crippen molar-refractivity contribution >= 4 is 11.3 Å². The molecule has 0 aliphatic carbocycles. The molecule has 1 saturated heterocycles. The van der Waals surface area contributed by atoms with E-state index in [0.29, 0.717) is 28.6 Å². The molecule has 2 aromatic heterocycles. The van der Waals surface area contributed by atoms with E-state index < -0.39 is 0 Å². The lowest BCUT2D eigenvalue weighted by Gasteiger charge is -2.37. The number of ether oxygens (including phenoxy) is 1. The summed E-state index contributed by atoms with van der Waals surface area (Å²) in [6.45, 7) is 5.75. The predicted molar refractivity (Wildman–Crippen MR) is 112 cm³/mol. The smallest absolute Gasteiger partial charge is 0.294 e. The highest BCUT2D eigenvalue weighted by molar-refractivity contribution is 7.16. The lowest BCUT2D eigenvalue weighted by Crippen LogP contribution is -2.52. The molecule has 2 N–H and O–H groups in total. The molecule has 1 fully saturated rings. The van der Waals surface area contributed by atoms with Gasteiger partial charge in [0.15, 0.2) is 5.01 Å². The molecule has 156 valence electrons. The van der Waals surface area contributed by atoms with Gasteiger partial charge in [-0.05, 0) is 44.5 Å². The molecule has 0 amide bonds. The van der Waals surface area contributed by atoms with Gasteiger partial charge in [0.25, 0.3) is 5.19 Å². The van der Waals surface area contributed by atoms with E-state index in [2.05, 4.69) is 20.6 Å². The molecule has 4 heterocycles. The molecule has 2 bridgehead atoms. The first-order chi connectivity index (χ1) is 14.3. The van der Waals surface area contributed by atoms with Crippen molar-refractivity contribution in [2.24, 2.45) is 0 Å². The summed E-state index contributed by atoms with van der Waals surface area (Å²) in [5.74, 6) is 0.0246. The molecule has 9 heteroatoms. The van der Waals surface area contributed by atoms with Crippen molar-refractivity contribution in [1.82, 2.24) is 25.3 Å². The number of nitrogens with zero attached hydrogens (tertiary/aromatic N) is 4. The monoisotopic (exact) mass is 427 g/mol. The van der Waals surface area contributed by atoms with Crippen molar-refractivity contribution in [3.63, 3.8) is 0 Å². The number of aromatic nitrogens is 4. The molecular weight excluding hydrogens is 405 g/mol. The Morgan fingerprint density at radius 2 is 2.13 bits per heavy atom. The lowest BCUT2D eigenvalue weighted by atomic mass is 9.87. The van der Waals surface area contributed by atoms with Crippen LogP contribution in [0, 0.1) is 6.92 Å². The zero-order valence-electron chi connectivity index (χ0n) is 16.9. The fourth-order valence-electron chi connectivity index (χ4n) is 4.26. The first-order valence-electron chi connectivity index (χ1n) is 9.83. The second-order valence-corrected chi connectivity index (χ2v) is 9.10. The van der Waals surface area contributed by atoms with Crippen LogP contribution >= 0.6 is 11.3 Å². The Morgan fingerprint density at radius 1 is 1.30 bits per heavy atom. The van der Waals surface area contributed by atoms with Gasteiger partial charge in [0.2, 0.25) is 0 Å². The van der Waals surface area contributed by atoms with Crippen molar-refractivity contribution in [1.29, 1.82) is 0 Å². The van der Waals surface area contributed by atoms with Gasteiger partial charge >= 0.3 is 0 Å². The zero-order valence-corrected chi connectivity index (χ0v) is 17.7. The summed E-state index contributed by atoms with van der Waals surface area (Å²) in [5, 5.41) is 27.5. The molecule has 3 unspecified atom stereocenters. The normalized spacial score (nSPS) is 25.7. The fraction of sp³-hybridized carbons (Fsp3) is 0.381.